The van der Waals surface area contributed by atoms with Crippen LogP contribution in [0.5, 0.6) is 5.75 Å². The Kier molecular flexibility index (Phi) is 3.53. The van der Waals surface area contributed by atoms with Gasteiger partial charge in [0.1, 0.15) is 11.7 Å². The molecule has 4 heteroatoms. The van der Waals surface area contributed by atoms with E-state index in [1.165, 1.54) is 0 Å². The predicted octanol–water partition coefficient (Wildman–Crippen LogP) is 1.94. The van der Waals surface area contributed by atoms with Crippen LogP contribution < -0.4 is 4.74 Å². The molecule has 68 valence electrons. The normalized spacial score (nSPS) is 11.8. The topological polar surface area (TPSA) is 45.9 Å². The number of hydrogen-bond donors (Lipinski definition) is 0. The maximum Gasteiger partial charge on any atom is 0.137 e. The van der Waals surface area contributed by atoms with Gasteiger partial charge in [-0.05, 0) is 12.1 Å². The number of aromatic nitrogens is 1. The van der Waals surface area contributed by atoms with Crippen LogP contribution >= 0.6 is 11.6 Å². The molecule has 1 rings (SSSR count). The molecule has 0 saturated carbocycles. The van der Waals surface area contributed by atoms with Gasteiger partial charge in [0.15, 0.2) is 0 Å². The summed E-state index contributed by atoms with van der Waals surface area (Å²) >= 11 is 5.58. The summed E-state index contributed by atoms with van der Waals surface area (Å²) in [6, 6.07) is 5.58. The minimum atomic E-state index is -0.340. The van der Waals surface area contributed by atoms with Crippen molar-refractivity contribution in [1.29, 1.82) is 5.26 Å². The van der Waals surface area contributed by atoms with Crippen molar-refractivity contribution >= 4 is 11.6 Å². The lowest BCUT2D eigenvalue weighted by atomic mass is 10.1. The van der Waals surface area contributed by atoms with Crippen LogP contribution in [-0.4, -0.2) is 18.0 Å². The molecule has 1 heterocycles. The number of halogens is 1. The lowest BCUT2D eigenvalue weighted by Crippen LogP contribution is -2.00. The number of nitrogens with zero attached hydrogens (tertiary/aromatic N) is 2. The molecule has 0 radical (unpaired) electrons. The van der Waals surface area contributed by atoms with Gasteiger partial charge in [-0.25, -0.2) is 0 Å². The Morgan fingerprint density at radius 2 is 2.46 bits per heavy atom. The van der Waals surface area contributed by atoms with Crippen molar-refractivity contribution in [2.75, 3.05) is 13.0 Å². The third-order valence-corrected chi connectivity index (χ3v) is 1.97. The van der Waals surface area contributed by atoms with Crippen LogP contribution in [0.1, 0.15) is 11.6 Å². The Balaban J connectivity index is 2.86. The lowest BCUT2D eigenvalue weighted by Gasteiger charge is -2.04. The summed E-state index contributed by atoms with van der Waals surface area (Å²) in [5, 5.41) is 8.70. The first-order chi connectivity index (χ1) is 6.31. The maximum atomic E-state index is 8.70. The van der Waals surface area contributed by atoms with Crippen LogP contribution in [0.15, 0.2) is 18.3 Å². The molecule has 3 nitrogen and oxygen atoms in total. The molecule has 0 aromatic carbocycles. The molecule has 0 aliphatic heterocycles. The van der Waals surface area contributed by atoms with Gasteiger partial charge in [0, 0.05) is 5.88 Å². The van der Waals surface area contributed by atoms with Gasteiger partial charge in [-0.2, -0.15) is 5.26 Å². The molecule has 0 amide bonds. The van der Waals surface area contributed by atoms with Crippen molar-refractivity contribution in [1.82, 2.24) is 4.98 Å². The van der Waals surface area contributed by atoms with Crippen molar-refractivity contribution in [3.8, 4) is 11.8 Å². The first-order valence-corrected chi connectivity index (χ1v) is 4.30. The standard InChI is InChI=1S/C9H9ClN2O/c1-13-8-2-3-9(12-6-8)7(4-10)5-11/h2-3,6-7H,4H2,1H3. The number of hydrogen-bond acceptors (Lipinski definition) is 3. The van der Waals surface area contributed by atoms with E-state index in [-0.39, 0.29) is 11.8 Å². The van der Waals surface area contributed by atoms with Crippen molar-refractivity contribution in [3.05, 3.63) is 24.0 Å². The van der Waals surface area contributed by atoms with E-state index >= 15 is 0 Å². The molecule has 1 atom stereocenters. The van der Waals surface area contributed by atoms with Gasteiger partial charge in [0.25, 0.3) is 0 Å². The van der Waals surface area contributed by atoms with Crippen LogP contribution in [0.2, 0.25) is 0 Å². The average Bonchev–Trinajstić information content (AvgIpc) is 2.21. The van der Waals surface area contributed by atoms with E-state index in [1.807, 2.05) is 0 Å². The Morgan fingerprint density at radius 1 is 1.69 bits per heavy atom. The SMILES string of the molecule is COc1ccc(C(C#N)CCl)nc1. The van der Waals surface area contributed by atoms with Crippen LogP contribution in [-0.2, 0) is 0 Å². The Hall–Kier alpha value is -1.27. The van der Waals surface area contributed by atoms with Gasteiger partial charge >= 0.3 is 0 Å². The minimum absolute atomic E-state index is 0.260. The summed E-state index contributed by atoms with van der Waals surface area (Å²) in [5.41, 5.74) is 0.679. The number of rotatable bonds is 3. The molecule has 0 spiro atoms. The fourth-order valence-electron chi connectivity index (χ4n) is 0.898. The fourth-order valence-corrected chi connectivity index (χ4v) is 1.13. The highest BCUT2D eigenvalue weighted by molar-refractivity contribution is 6.18. The van der Waals surface area contributed by atoms with Gasteiger partial charge < -0.3 is 4.74 Å². The summed E-state index contributed by atoms with van der Waals surface area (Å²) in [6.07, 6.45) is 1.58. The van der Waals surface area contributed by atoms with E-state index in [9.17, 15) is 0 Å². The van der Waals surface area contributed by atoms with Gasteiger partial charge in [-0.3, -0.25) is 4.98 Å². The van der Waals surface area contributed by atoms with Crippen molar-refractivity contribution in [3.63, 3.8) is 0 Å². The molecule has 0 bridgehead atoms. The van der Waals surface area contributed by atoms with Crippen molar-refractivity contribution in [2.45, 2.75) is 5.92 Å². The van der Waals surface area contributed by atoms with E-state index in [1.54, 1.807) is 25.4 Å². The quantitative estimate of drug-likeness (QED) is 0.694. The molecule has 1 aromatic heterocycles. The number of nitriles is 1. The third-order valence-electron chi connectivity index (χ3n) is 1.66. The van der Waals surface area contributed by atoms with E-state index in [0.717, 1.165) is 0 Å². The largest absolute Gasteiger partial charge is 0.495 e. The molecule has 0 fully saturated rings. The van der Waals surface area contributed by atoms with Crippen molar-refractivity contribution < 1.29 is 4.74 Å². The van der Waals surface area contributed by atoms with Gasteiger partial charge in [0.05, 0.1) is 25.1 Å². The summed E-state index contributed by atoms with van der Waals surface area (Å²) in [7, 11) is 1.57. The van der Waals surface area contributed by atoms with Crippen LogP contribution in [0.25, 0.3) is 0 Å². The summed E-state index contributed by atoms with van der Waals surface area (Å²) in [6.45, 7) is 0. The Morgan fingerprint density at radius 3 is 2.85 bits per heavy atom. The van der Waals surface area contributed by atoms with Crippen LogP contribution in [0, 0.1) is 11.3 Å². The van der Waals surface area contributed by atoms with E-state index in [2.05, 4.69) is 11.1 Å². The van der Waals surface area contributed by atoms with E-state index in [0.29, 0.717) is 11.4 Å². The second kappa shape index (κ2) is 4.68. The Labute approximate surface area is 81.9 Å². The highest BCUT2D eigenvalue weighted by Gasteiger charge is 2.09. The van der Waals surface area contributed by atoms with Crippen LogP contribution in [0.3, 0.4) is 0 Å². The molecular weight excluding hydrogens is 188 g/mol. The molecule has 0 saturated heterocycles. The summed E-state index contributed by atoms with van der Waals surface area (Å²) < 4.78 is 4.94. The van der Waals surface area contributed by atoms with Gasteiger partial charge in [-0.15, -0.1) is 11.6 Å². The zero-order valence-electron chi connectivity index (χ0n) is 7.20. The van der Waals surface area contributed by atoms with E-state index in [4.69, 9.17) is 21.6 Å². The molecular formula is C9H9ClN2O. The third kappa shape index (κ3) is 2.33. The monoisotopic (exact) mass is 196 g/mol. The second-order valence-electron chi connectivity index (χ2n) is 2.46. The van der Waals surface area contributed by atoms with Crippen molar-refractivity contribution in [2.24, 2.45) is 0 Å². The summed E-state index contributed by atoms with van der Waals surface area (Å²) in [4.78, 5) is 4.06. The molecule has 13 heavy (non-hydrogen) atoms. The highest BCUT2D eigenvalue weighted by Crippen LogP contribution is 2.16. The Bertz CT molecular complexity index is 304. The first kappa shape index (κ1) is 9.82. The fraction of sp³-hybridized carbons (Fsp3) is 0.333. The average molecular weight is 197 g/mol. The zero-order valence-corrected chi connectivity index (χ0v) is 7.95. The first-order valence-electron chi connectivity index (χ1n) is 3.77. The minimum Gasteiger partial charge on any atom is -0.495 e. The van der Waals surface area contributed by atoms with Gasteiger partial charge in [-0.1, -0.05) is 0 Å². The number of methoxy groups -OCH3 is 1. The molecule has 1 unspecified atom stereocenters. The number of pyridine rings is 1. The number of alkyl halides is 1. The van der Waals surface area contributed by atoms with Crippen LogP contribution in [0.4, 0.5) is 0 Å². The maximum absolute atomic E-state index is 8.70. The lowest BCUT2D eigenvalue weighted by molar-refractivity contribution is 0.412. The molecule has 1 aromatic rings. The van der Waals surface area contributed by atoms with Gasteiger partial charge in [0.2, 0.25) is 0 Å². The smallest absolute Gasteiger partial charge is 0.137 e. The second-order valence-corrected chi connectivity index (χ2v) is 2.77. The summed E-state index contributed by atoms with van der Waals surface area (Å²) in [5.74, 6) is 0.595. The highest BCUT2D eigenvalue weighted by atomic mass is 35.5. The molecule has 0 aliphatic rings. The molecule has 0 aliphatic carbocycles. The van der Waals surface area contributed by atoms with E-state index < -0.39 is 0 Å². The predicted molar refractivity (Wildman–Crippen MR) is 49.9 cm³/mol. The number of ether oxygens (including phenoxy) is 1. The zero-order chi connectivity index (χ0) is 9.68. The molecule has 0 N–H and O–H groups in total.